The molecule has 1 aromatic rings. The second-order valence-corrected chi connectivity index (χ2v) is 5.75. The van der Waals surface area contributed by atoms with Crippen LogP contribution in [0.5, 0.6) is 0 Å². The Labute approximate surface area is 114 Å². The van der Waals surface area contributed by atoms with Gasteiger partial charge in [-0.25, -0.2) is 0 Å². The molecule has 1 saturated heterocycles. The van der Waals surface area contributed by atoms with Crippen LogP contribution in [0.15, 0.2) is 4.52 Å². The van der Waals surface area contributed by atoms with Crippen LogP contribution in [-0.4, -0.2) is 34.1 Å². The zero-order valence-electron chi connectivity index (χ0n) is 12.0. The highest BCUT2D eigenvalue weighted by molar-refractivity contribution is 4.99. The van der Waals surface area contributed by atoms with Crippen molar-refractivity contribution >= 4 is 0 Å². The van der Waals surface area contributed by atoms with E-state index in [0.717, 1.165) is 19.4 Å². The second kappa shape index (κ2) is 6.48. The zero-order chi connectivity index (χ0) is 13.8. The van der Waals surface area contributed by atoms with Gasteiger partial charge < -0.3 is 14.4 Å². The monoisotopic (exact) mass is 268 g/mol. The lowest BCUT2D eigenvalue weighted by atomic mass is 9.91. The number of hydrogen-bond donors (Lipinski definition) is 1. The molecule has 0 bridgehead atoms. The Morgan fingerprint density at radius 1 is 1.32 bits per heavy atom. The maximum absolute atomic E-state index is 9.81. The third-order valence-electron chi connectivity index (χ3n) is 3.69. The van der Waals surface area contributed by atoms with Gasteiger partial charge in [-0.2, -0.15) is 4.98 Å². The fourth-order valence-corrected chi connectivity index (χ4v) is 2.71. The topological polar surface area (TPSA) is 68.4 Å². The first-order chi connectivity index (χ1) is 9.08. The van der Waals surface area contributed by atoms with Crippen molar-refractivity contribution < 1.29 is 14.4 Å². The third-order valence-corrected chi connectivity index (χ3v) is 3.69. The van der Waals surface area contributed by atoms with E-state index in [-0.39, 0.29) is 17.9 Å². The number of rotatable bonds is 5. The van der Waals surface area contributed by atoms with Crippen molar-refractivity contribution in [2.75, 3.05) is 6.61 Å². The fraction of sp³-hybridized carbons (Fsp3) is 0.857. The van der Waals surface area contributed by atoms with E-state index in [1.165, 1.54) is 6.42 Å². The molecule has 2 heterocycles. The standard InChI is InChI=1S/C14H24N2O3/c1-9(2)13(10(3)17)14-15-12(16-19-14)8-11-6-4-5-7-18-11/h9-11,13,17H,4-8H2,1-3H3. The summed E-state index contributed by atoms with van der Waals surface area (Å²) in [6.45, 7) is 6.69. The Bertz CT molecular complexity index is 376. The predicted molar refractivity (Wildman–Crippen MR) is 70.9 cm³/mol. The summed E-state index contributed by atoms with van der Waals surface area (Å²) in [5.74, 6) is 1.39. The van der Waals surface area contributed by atoms with Gasteiger partial charge in [0.2, 0.25) is 5.89 Å². The van der Waals surface area contributed by atoms with Crippen molar-refractivity contribution in [2.24, 2.45) is 5.92 Å². The molecule has 3 unspecified atom stereocenters. The maximum atomic E-state index is 9.81. The summed E-state index contributed by atoms with van der Waals surface area (Å²) in [5.41, 5.74) is 0. The molecule has 0 aliphatic carbocycles. The molecule has 0 spiro atoms. The van der Waals surface area contributed by atoms with E-state index in [1.54, 1.807) is 6.92 Å². The molecule has 0 amide bonds. The van der Waals surface area contributed by atoms with Gasteiger partial charge in [-0.3, -0.25) is 0 Å². The minimum atomic E-state index is -0.487. The Morgan fingerprint density at radius 2 is 2.11 bits per heavy atom. The van der Waals surface area contributed by atoms with Gasteiger partial charge in [0.25, 0.3) is 0 Å². The third kappa shape index (κ3) is 3.76. The molecule has 108 valence electrons. The van der Waals surface area contributed by atoms with Gasteiger partial charge in [-0.1, -0.05) is 19.0 Å². The SMILES string of the molecule is CC(C)C(c1nc(CC2CCCCO2)no1)C(C)O. The minimum Gasteiger partial charge on any atom is -0.393 e. The molecule has 0 radical (unpaired) electrons. The summed E-state index contributed by atoms with van der Waals surface area (Å²) in [7, 11) is 0. The van der Waals surface area contributed by atoms with E-state index in [0.29, 0.717) is 18.1 Å². The molecule has 1 fully saturated rings. The number of aliphatic hydroxyl groups excluding tert-OH is 1. The number of hydrogen-bond acceptors (Lipinski definition) is 5. The largest absolute Gasteiger partial charge is 0.393 e. The van der Waals surface area contributed by atoms with Gasteiger partial charge >= 0.3 is 0 Å². The first kappa shape index (κ1) is 14.5. The predicted octanol–water partition coefficient (Wildman–Crippen LogP) is 2.30. The molecular weight excluding hydrogens is 244 g/mol. The molecule has 1 aliphatic heterocycles. The lowest BCUT2D eigenvalue weighted by molar-refractivity contribution is 0.0153. The van der Waals surface area contributed by atoms with Gasteiger partial charge in [-0.15, -0.1) is 0 Å². The van der Waals surface area contributed by atoms with Crippen molar-refractivity contribution in [2.45, 2.75) is 64.6 Å². The van der Waals surface area contributed by atoms with E-state index in [2.05, 4.69) is 10.1 Å². The summed E-state index contributed by atoms with van der Waals surface area (Å²) in [6.07, 6.45) is 3.84. The summed E-state index contributed by atoms with van der Waals surface area (Å²) in [6, 6.07) is 0. The van der Waals surface area contributed by atoms with E-state index in [1.807, 2.05) is 13.8 Å². The zero-order valence-corrected chi connectivity index (χ0v) is 12.0. The molecule has 5 heteroatoms. The maximum Gasteiger partial charge on any atom is 0.232 e. The van der Waals surface area contributed by atoms with Gasteiger partial charge in [0, 0.05) is 13.0 Å². The molecule has 0 saturated carbocycles. The van der Waals surface area contributed by atoms with Crippen molar-refractivity contribution in [3.8, 4) is 0 Å². The molecule has 1 N–H and O–H groups in total. The van der Waals surface area contributed by atoms with Crippen molar-refractivity contribution in [3.63, 3.8) is 0 Å². The van der Waals surface area contributed by atoms with Gasteiger partial charge in [-0.05, 0) is 32.1 Å². The van der Waals surface area contributed by atoms with Crippen LogP contribution in [-0.2, 0) is 11.2 Å². The van der Waals surface area contributed by atoms with Crippen LogP contribution in [0.3, 0.4) is 0 Å². The number of nitrogens with zero attached hydrogens (tertiary/aromatic N) is 2. The normalized spacial score (nSPS) is 23.5. The van der Waals surface area contributed by atoms with Gasteiger partial charge in [0.1, 0.15) is 0 Å². The molecule has 1 aromatic heterocycles. The van der Waals surface area contributed by atoms with Crippen molar-refractivity contribution in [1.82, 2.24) is 10.1 Å². The fourth-order valence-electron chi connectivity index (χ4n) is 2.71. The highest BCUT2D eigenvalue weighted by atomic mass is 16.5. The molecular formula is C14H24N2O3. The molecule has 1 aliphatic rings. The summed E-state index contributed by atoms with van der Waals surface area (Å²) in [4.78, 5) is 4.43. The first-order valence-corrected chi connectivity index (χ1v) is 7.20. The number of aliphatic hydroxyl groups is 1. The van der Waals surface area contributed by atoms with Crippen LogP contribution >= 0.6 is 0 Å². The van der Waals surface area contributed by atoms with E-state index >= 15 is 0 Å². The summed E-state index contributed by atoms with van der Waals surface area (Å²) in [5, 5.41) is 13.8. The molecule has 5 nitrogen and oxygen atoms in total. The Morgan fingerprint density at radius 3 is 2.68 bits per heavy atom. The van der Waals surface area contributed by atoms with Crippen molar-refractivity contribution in [3.05, 3.63) is 11.7 Å². The second-order valence-electron chi connectivity index (χ2n) is 5.75. The van der Waals surface area contributed by atoms with Crippen LogP contribution < -0.4 is 0 Å². The van der Waals surface area contributed by atoms with Crippen LogP contribution in [0.4, 0.5) is 0 Å². The average Bonchev–Trinajstić information content (AvgIpc) is 2.77. The van der Waals surface area contributed by atoms with Crippen LogP contribution in [0.1, 0.15) is 57.7 Å². The first-order valence-electron chi connectivity index (χ1n) is 7.20. The number of ether oxygens (including phenoxy) is 1. The highest BCUT2D eigenvalue weighted by Gasteiger charge is 2.27. The minimum absolute atomic E-state index is 0.103. The average molecular weight is 268 g/mol. The molecule has 19 heavy (non-hydrogen) atoms. The highest BCUT2D eigenvalue weighted by Crippen LogP contribution is 2.27. The number of aromatic nitrogens is 2. The van der Waals surface area contributed by atoms with Crippen LogP contribution in [0.2, 0.25) is 0 Å². The Hall–Kier alpha value is -0.940. The van der Waals surface area contributed by atoms with Crippen molar-refractivity contribution in [1.29, 1.82) is 0 Å². The van der Waals surface area contributed by atoms with E-state index < -0.39 is 6.10 Å². The van der Waals surface area contributed by atoms with E-state index in [4.69, 9.17) is 9.26 Å². The smallest absolute Gasteiger partial charge is 0.232 e. The van der Waals surface area contributed by atoms with Crippen LogP contribution in [0.25, 0.3) is 0 Å². The van der Waals surface area contributed by atoms with E-state index in [9.17, 15) is 5.11 Å². The van der Waals surface area contributed by atoms with Crippen LogP contribution in [0, 0.1) is 5.92 Å². The molecule has 0 aromatic carbocycles. The molecule has 2 rings (SSSR count). The molecule has 3 atom stereocenters. The lowest BCUT2D eigenvalue weighted by Gasteiger charge is -2.21. The summed E-state index contributed by atoms with van der Waals surface area (Å²) < 4.78 is 11.0. The Kier molecular flexibility index (Phi) is 4.93. The van der Waals surface area contributed by atoms with Gasteiger partial charge in [0.15, 0.2) is 5.82 Å². The Balaban J connectivity index is 2.01. The van der Waals surface area contributed by atoms with Gasteiger partial charge in [0.05, 0.1) is 18.1 Å². The quantitative estimate of drug-likeness (QED) is 0.887. The summed E-state index contributed by atoms with van der Waals surface area (Å²) >= 11 is 0. The lowest BCUT2D eigenvalue weighted by Crippen LogP contribution is -2.22.